The number of non-ortho nitro benzene ring substituents is 1. The van der Waals surface area contributed by atoms with Crippen LogP contribution in [0.25, 0.3) is 0 Å². The van der Waals surface area contributed by atoms with Gasteiger partial charge in [-0.3, -0.25) is 19.7 Å². The number of allylic oxidation sites excluding steroid dienone is 2. The van der Waals surface area contributed by atoms with Crippen molar-refractivity contribution < 1.29 is 14.5 Å². The van der Waals surface area contributed by atoms with Crippen LogP contribution in [0.3, 0.4) is 0 Å². The molecule has 0 spiro atoms. The number of nitro groups is 1. The highest BCUT2D eigenvalue weighted by atomic mass is 32.2. The van der Waals surface area contributed by atoms with Gasteiger partial charge in [0.05, 0.1) is 14.7 Å². The standard InChI is InChI=1S/C22H13NO4S2/c24-19-17-12-11-14(23(26)27)13-18(17)20(25)22(29-16-9-5-2-6-10-16)21(19)28-15-7-3-1-4-8-15/h1-13H. The summed E-state index contributed by atoms with van der Waals surface area (Å²) in [6.45, 7) is 0. The zero-order valence-corrected chi connectivity index (χ0v) is 16.5. The van der Waals surface area contributed by atoms with Crippen molar-refractivity contribution in [1.29, 1.82) is 0 Å². The van der Waals surface area contributed by atoms with Gasteiger partial charge in [-0.25, -0.2) is 0 Å². The SMILES string of the molecule is O=C1C(Sc2ccccc2)=C(Sc2ccccc2)C(=O)c2cc([N+](=O)[O-])ccc21. The molecule has 4 rings (SSSR count). The molecule has 0 unspecified atom stereocenters. The molecule has 1 aliphatic carbocycles. The van der Waals surface area contributed by atoms with E-state index in [2.05, 4.69) is 0 Å². The molecule has 3 aromatic carbocycles. The maximum Gasteiger partial charge on any atom is 0.270 e. The third-order valence-corrected chi connectivity index (χ3v) is 6.58. The Morgan fingerprint density at radius 2 is 1.14 bits per heavy atom. The van der Waals surface area contributed by atoms with Crippen LogP contribution in [0.2, 0.25) is 0 Å². The van der Waals surface area contributed by atoms with Crippen molar-refractivity contribution >= 4 is 40.8 Å². The lowest BCUT2D eigenvalue weighted by atomic mass is 9.94. The van der Waals surface area contributed by atoms with Crippen molar-refractivity contribution in [3.05, 3.63) is 110 Å². The van der Waals surface area contributed by atoms with Crippen LogP contribution < -0.4 is 0 Å². The number of hydrogen-bond donors (Lipinski definition) is 0. The molecule has 0 heterocycles. The molecule has 0 amide bonds. The van der Waals surface area contributed by atoms with Crippen LogP contribution >= 0.6 is 23.5 Å². The minimum absolute atomic E-state index is 0.0695. The number of Topliss-reactive ketones (excluding diaryl/α,β-unsaturated/α-hetero) is 2. The van der Waals surface area contributed by atoms with E-state index in [1.165, 1.54) is 41.7 Å². The zero-order chi connectivity index (χ0) is 20.4. The molecule has 0 atom stereocenters. The Labute approximate surface area is 175 Å². The number of ketones is 2. The molecule has 0 fully saturated rings. The smallest absolute Gasteiger partial charge is 0.270 e. The molecule has 0 aliphatic heterocycles. The van der Waals surface area contributed by atoms with Crippen molar-refractivity contribution in [2.45, 2.75) is 9.79 Å². The average Bonchev–Trinajstić information content (AvgIpc) is 2.75. The number of thioether (sulfide) groups is 2. The number of nitrogens with zero attached hydrogens (tertiary/aromatic N) is 1. The third-order valence-electron chi connectivity index (χ3n) is 4.25. The molecule has 3 aromatic rings. The van der Waals surface area contributed by atoms with Crippen LogP contribution in [0.5, 0.6) is 0 Å². The van der Waals surface area contributed by atoms with Crippen molar-refractivity contribution in [1.82, 2.24) is 0 Å². The van der Waals surface area contributed by atoms with Gasteiger partial charge in [0, 0.05) is 33.1 Å². The number of benzene rings is 3. The Kier molecular flexibility index (Phi) is 5.33. The monoisotopic (exact) mass is 419 g/mol. The number of hydrogen-bond acceptors (Lipinski definition) is 6. The van der Waals surface area contributed by atoms with E-state index in [0.29, 0.717) is 4.91 Å². The first-order chi connectivity index (χ1) is 14.0. The summed E-state index contributed by atoms with van der Waals surface area (Å²) >= 11 is 2.43. The fraction of sp³-hybridized carbons (Fsp3) is 0. The van der Waals surface area contributed by atoms with Gasteiger partial charge in [0.25, 0.3) is 5.69 Å². The van der Waals surface area contributed by atoms with E-state index in [1.54, 1.807) is 0 Å². The summed E-state index contributed by atoms with van der Waals surface area (Å²) in [5.74, 6) is -0.683. The van der Waals surface area contributed by atoms with Gasteiger partial charge in [-0.15, -0.1) is 0 Å². The van der Waals surface area contributed by atoms with Crippen LogP contribution in [0.1, 0.15) is 20.7 Å². The lowest BCUT2D eigenvalue weighted by Gasteiger charge is -2.20. The number of carbonyl (C=O) groups is 2. The highest BCUT2D eigenvalue weighted by Gasteiger charge is 2.34. The minimum atomic E-state index is -0.569. The molecule has 5 nitrogen and oxygen atoms in total. The molecule has 7 heteroatoms. The quantitative estimate of drug-likeness (QED) is 0.386. The number of fused-ring (bicyclic) bond motifs is 1. The maximum absolute atomic E-state index is 13.3. The number of nitro benzene ring substituents is 1. The molecule has 1 aliphatic rings. The Hall–Kier alpha value is -3.16. The van der Waals surface area contributed by atoms with E-state index in [0.717, 1.165) is 9.79 Å². The summed E-state index contributed by atoms with van der Waals surface area (Å²) in [7, 11) is 0. The van der Waals surface area contributed by atoms with Crippen LogP contribution in [-0.4, -0.2) is 16.5 Å². The van der Waals surface area contributed by atoms with Gasteiger partial charge in [0.2, 0.25) is 11.6 Å². The molecular formula is C22H13NO4S2. The predicted molar refractivity (Wildman–Crippen MR) is 113 cm³/mol. The molecule has 0 bridgehead atoms. The topological polar surface area (TPSA) is 77.3 Å². The van der Waals surface area contributed by atoms with Gasteiger partial charge in [-0.2, -0.15) is 0 Å². The minimum Gasteiger partial charge on any atom is -0.288 e. The first-order valence-electron chi connectivity index (χ1n) is 8.62. The van der Waals surface area contributed by atoms with E-state index < -0.39 is 4.92 Å². The van der Waals surface area contributed by atoms with E-state index in [1.807, 2.05) is 60.7 Å². The van der Waals surface area contributed by atoms with Gasteiger partial charge in [-0.05, 0) is 30.3 Å². The normalized spacial score (nSPS) is 13.4. The third kappa shape index (κ3) is 3.87. The molecule has 0 aromatic heterocycles. The first kappa shape index (κ1) is 19.2. The van der Waals surface area contributed by atoms with Gasteiger partial charge in [0.15, 0.2) is 0 Å². The molecule has 0 radical (unpaired) electrons. The molecule has 142 valence electrons. The maximum atomic E-state index is 13.3. The summed E-state index contributed by atoms with van der Waals surface area (Å²) in [4.78, 5) is 39.3. The second-order valence-electron chi connectivity index (χ2n) is 6.13. The molecule has 29 heavy (non-hydrogen) atoms. The van der Waals surface area contributed by atoms with E-state index in [9.17, 15) is 19.7 Å². The van der Waals surface area contributed by atoms with Crippen LogP contribution in [-0.2, 0) is 0 Å². The van der Waals surface area contributed by atoms with E-state index >= 15 is 0 Å². The number of rotatable bonds is 5. The summed E-state index contributed by atoms with van der Waals surface area (Å²) < 4.78 is 0. The largest absolute Gasteiger partial charge is 0.288 e. The molecule has 0 saturated carbocycles. The predicted octanol–water partition coefficient (Wildman–Crippen LogP) is 5.77. The van der Waals surface area contributed by atoms with Crippen LogP contribution in [0, 0.1) is 10.1 Å². The Morgan fingerprint density at radius 1 is 0.655 bits per heavy atom. The summed E-state index contributed by atoms with van der Waals surface area (Å²) in [6.07, 6.45) is 0. The molecule has 0 saturated heterocycles. The fourth-order valence-corrected chi connectivity index (χ4v) is 4.96. The Bertz CT molecular complexity index is 1160. The second kappa shape index (κ2) is 8.06. The Balaban J connectivity index is 1.84. The highest BCUT2D eigenvalue weighted by Crippen LogP contribution is 2.43. The fourth-order valence-electron chi connectivity index (χ4n) is 2.88. The lowest BCUT2D eigenvalue weighted by Crippen LogP contribution is -2.20. The van der Waals surface area contributed by atoms with Crippen molar-refractivity contribution in [3.8, 4) is 0 Å². The molecular weight excluding hydrogens is 406 g/mol. The zero-order valence-electron chi connectivity index (χ0n) is 14.9. The van der Waals surface area contributed by atoms with E-state index in [4.69, 9.17) is 0 Å². The molecule has 0 N–H and O–H groups in total. The van der Waals surface area contributed by atoms with Crippen LogP contribution in [0.15, 0.2) is 98.5 Å². The summed E-state index contributed by atoms with van der Waals surface area (Å²) in [5.41, 5.74) is 0.0459. The van der Waals surface area contributed by atoms with Crippen LogP contribution in [0.4, 0.5) is 5.69 Å². The van der Waals surface area contributed by atoms with Gasteiger partial charge < -0.3 is 0 Å². The highest BCUT2D eigenvalue weighted by molar-refractivity contribution is 8.08. The van der Waals surface area contributed by atoms with E-state index in [-0.39, 0.29) is 33.3 Å². The van der Waals surface area contributed by atoms with Crippen molar-refractivity contribution in [2.75, 3.05) is 0 Å². The second-order valence-corrected chi connectivity index (χ2v) is 8.30. The Morgan fingerprint density at radius 3 is 1.62 bits per heavy atom. The van der Waals surface area contributed by atoms with Gasteiger partial charge in [0.1, 0.15) is 0 Å². The average molecular weight is 419 g/mol. The van der Waals surface area contributed by atoms with Crippen molar-refractivity contribution in [2.24, 2.45) is 0 Å². The number of carbonyl (C=O) groups excluding carboxylic acids is 2. The summed E-state index contributed by atoms with van der Waals surface area (Å²) in [5, 5.41) is 11.1. The summed E-state index contributed by atoms with van der Waals surface area (Å²) in [6, 6.07) is 22.4. The van der Waals surface area contributed by atoms with Gasteiger partial charge in [-0.1, -0.05) is 59.9 Å². The van der Waals surface area contributed by atoms with Gasteiger partial charge >= 0.3 is 0 Å². The lowest BCUT2D eigenvalue weighted by molar-refractivity contribution is -0.384. The van der Waals surface area contributed by atoms with Crippen molar-refractivity contribution in [3.63, 3.8) is 0 Å². The first-order valence-corrected chi connectivity index (χ1v) is 10.3.